The summed E-state index contributed by atoms with van der Waals surface area (Å²) in [5.41, 5.74) is 9.04. The van der Waals surface area contributed by atoms with E-state index < -0.39 is 0 Å². The molecule has 1 aromatic rings. The number of ether oxygens (including phenoxy) is 1. The van der Waals surface area contributed by atoms with Crippen molar-refractivity contribution in [2.75, 3.05) is 13.7 Å². The van der Waals surface area contributed by atoms with Crippen molar-refractivity contribution in [3.63, 3.8) is 0 Å². The largest absolute Gasteiger partial charge is 0.385 e. The van der Waals surface area contributed by atoms with Gasteiger partial charge >= 0.3 is 0 Å². The molecule has 2 atom stereocenters. The summed E-state index contributed by atoms with van der Waals surface area (Å²) in [7, 11) is 1.75. The number of rotatable bonds is 3. The summed E-state index contributed by atoms with van der Waals surface area (Å²) in [6.07, 6.45) is 3.44. The Morgan fingerprint density at radius 1 is 1.40 bits per heavy atom. The predicted octanol–water partition coefficient (Wildman–Crippen LogP) is 2.29. The second-order valence-electron chi connectivity index (χ2n) is 4.30. The summed E-state index contributed by atoms with van der Waals surface area (Å²) in [5, 5.41) is 0. The van der Waals surface area contributed by atoms with Crippen LogP contribution in [0.5, 0.6) is 0 Å². The van der Waals surface area contributed by atoms with Crippen LogP contribution >= 0.6 is 0 Å². The Labute approximate surface area is 91.4 Å². The maximum absolute atomic E-state index is 6.28. The summed E-state index contributed by atoms with van der Waals surface area (Å²) < 4.78 is 5.13. The Morgan fingerprint density at radius 2 is 2.20 bits per heavy atom. The van der Waals surface area contributed by atoms with E-state index in [9.17, 15) is 0 Å². The Morgan fingerprint density at radius 3 is 3.00 bits per heavy atom. The lowest BCUT2D eigenvalue weighted by atomic mass is 9.79. The fraction of sp³-hybridized carbons (Fsp3) is 0.538. The molecule has 1 aromatic carbocycles. The van der Waals surface area contributed by atoms with Crippen molar-refractivity contribution in [2.24, 2.45) is 11.7 Å². The minimum Gasteiger partial charge on any atom is -0.385 e. The first-order valence-electron chi connectivity index (χ1n) is 5.65. The summed E-state index contributed by atoms with van der Waals surface area (Å²) in [6.45, 7) is 0.820. The SMILES string of the molecule is COCCC1CCc2ccccc2C1N. The van der Waals surface area contributed by atoms with Crippen molar-refractivity contribution in [3.05, 3.63) is 35.4 Å². The van der Waals surface area contributed by atoms with Crippen LogP contribution in [-0.2, 0) is 11.2 Å². The Kier molecular flexibility index (Phi) is 3.39. The van der Waals surface area contributed by atoms with E-state index in [1.54, 1.807) is 7.11 Å². The highest BCUT2D eigenvalue weighted by atomic mass is 16.5. The van der Waals surface area contributed by atoms with Gasteiger partial charge in [-0.2, -0.15) is 0 Å². The van der Waals surface area contributed by atoms with Gasteiger partial charge in [0.25, 0.3) is 0 Å². The standard InChI is InChI=1S/C13H19NO/c1-15-9-8-11-7-6-10-4-2-3-5-12(10)13(11)14/h2-5,11,13H,6-9,14H2,1H3. The minimum atomic E-state index is 0.199. The molecule has 2 nitrogen and oxygen atoms in total. The summed E-state index contributed by atoms with van der Waals surface area (Å²) in [4.78, 5) is 0. The highest BCUT2D eigenvalue weighted by Gasteiger charge is 2.25. The van der Waals surface area contributed by atoms with Crippen molar-refractivity contribution in [1.82, 2.24) is 0 Å². The van der Waals surface area contributed by atoms with Gasteiger partial charge in [0.05, 0.1) is 0 Å². The minimum absolute atomic E-state index is 0.199. The maximum Gasteiger partial charge on any atom is 0.0465 e. The monoisotopic (exact) mass is 205 g/mol. The van der Waals surface area contributed by atoms with E-state index in [0.29, 0.717) is 5.92 Å². The molecule has 15 heavy (non-hydrogen) atoms. The third kappa shape index (κ3) is 2.21. The zero-order valence-corrected chi connectivity index (χ0v) is 9.28. The molecule has 82 valence electrons. The quantitative estimate of drug-likeness (QED) is 0.821. The second kappa shape index (κ2) is 4.77. The molecule has 0 bridgehead atoms. The van der Waals surface area contributed by atoms with E-state index in [0.717, 1.165) is 19.4 Å². The van der Waals surface area contributed by atoms with Crippen LogP contribution < -0.4 is 5.73 Å². The molecule has 0 amide bonds. The first-order valence-corrected chi connectivity index (χ1v) is 5.65. The number of hydrogen-bond acceptors (Lipinski definition) is 2. The molecule has 0 aliphatic heterocycles. The van der Waals surface area contributed by atoms with Crippen LogP contribution in [0.2, 0.25) is 0 Å². The lowest BCUT2D eigenvalue weighted by Gasteiger charge is -2.30. The van der Waals surface area contributed by atoms with Gasteiger partial charge in [-0.05, 0) is 36.3 Å². The molecule has 0 saturated carbocycles. The van der Waals surface area contributed by atoms with Crippen LogP contribution in [0.4, 0.5) is 0 Å². The molecule has 2 unspecified atom stereocenters. The van der Waals surface area contributed by atoms with E-state index in [2.05, 4.69) is 24.3 Å². The predicted molar refractivity (Wildman–Crippen MR) is 61.7 cm³/mol. The number of benzene rings is 1. The van der Waals surface area contributed by atoms with Crippen LogP contribution in [0.1, 0.15) is 30.0 Å². The highest BCUT2D eigenvalue weighted by molar-refractivity contribution is 5.32. The van der Waals surface area contributed by atoms with Gasteiger partial charge in [-0.25, -0.2) is 0 Å². The third-order valence-corrected chi connectivity index (χ3v) is 3.40. The van der Waals surface area contributed by atoms with Gasteiger partial charge in [0.1, 0.15) is 0 Å². The Hall–Kier alpha value is -0.860. The molecular weight excluding hydrogens is 186 g/mol. The van der Waals surface area contributed by atoms with E-state index in [1.165, 1.54) is 17.5 Å². The van der Waals surface area contributed by atoms with Crippen LogP contribution in [0.15, 0.2) is 24.3 Å². The topological polar surface area (TPSA) is 35.2 Å². The van der Waals surface area contributed by atoms with E-state index in [-0.39, 0.29) is 6.04 Å². The molecular formula is C13H19NO. The zero-order chi connectivity index (χ0) is 10.7. The Bertz CT molecular complexity index is 324. The van der Waals surface area contributed by atoms with Crippen molar-refractivity contribution in [2.45, 2.75) is 25.3 Å². The van der Waals surface area contributed by atoms with E-state index >= 15 is 0 Å². The van der Waals surface area contributed by atoms with Crippen LogP contribution in [-0.4, -0.2) is 13.7 Å². The molecule has 0 saturated heterocycles. The number of aryl methyl sites for hydroxylation is 1. The van der Waals surface area contributed by atoms with Gasteiger partial charge in [0.2, 0.25) is 0 Å². The van der Waals surface area contributed by atoms with Crippen LogP contribution in [0.25, 0.3) is 0 Å². The molecule has 0 aromatic heterocycles. The first kappa shape index (κ1) is 10.7. The lowest BCUT2D eigenvalue weighted by Crippen LogP contribution is -2.28. The van der Waals surface area contributed by atoms with Crippen molar-refractivity contribution >= 4 is 0 Å². The molecule has 0 fully saturated rings. The van der Waals surface area contributed by atoms with Gasteiger partial charge in [0, 0.05) is 19.8 Å². The van der Waals surface area contributed by atoms with Gasteiger partial charge in [0.15, 0.2) is 0 Å². The molecule has 1 aliphatic rings. The third-order valence-electron chi connectivity index (χ3n) is 3.40. The summed E-state index contributed by atoms with van der Waals surface area (Å²) in [5.74, 6) is 0.583. The molecule has 0 spiro atoms. The molecule has 0 radical (unpaired) electrons. The Balaban J connectivity index is 2.11. The van der Waals surface area contributed by atoms with Crippen LogP contribution in [0, 0.1) is 5.92 Å². The van der Waals surface area contributed by atoms with Crippen molar-refractivity contribution in [3.8, 4) is 0 Å². The van der Waals surface area contributed by atoms with Gasteiger partial charge in [-0.3, -0.25) is 0 Å². The second-order valence-corrected chi connectivity index (χ2v) is 4.30. The molecule has 0 heterocycles. The molecule has 1 aliphatic carbocycles. The number of methoxy groups -OCH3 is 1. The first-order chi connectivity index (χ1) is 7.33. The molecule has 2 N–H and O–H groups in total. The van der Waals surface area contributed by atoms with Crippen molar-refractivity contribution in [1.29, 1.82) is 0 Å². The number of hydrogen-bond donors (Lipinski definition) is 1. The normalized spacial score (nSPS) is 24.9. The lowest BCUT2D eigenvalue weighted by molar-refractivity contribution is 0.165. The summed E-state index contributed by atoms with van der Waals surface area (Å²) >= 11 is 0. The summed E-state index contributed by atoms with van der Waals surface area (Å²) in [6, 6.07) is 8.74. The molecule has 2 rings (SSSR count). The van der Waals surface area contributed by atoms with Gasteiger partial charge in [-0.1, -0.05) is 24.3 Å². The molecule has 2 heteroatoms. The fourth-order valence-electron chi connectivity index (χ4n) is 2.45. The van der Waals surface area contributed by atoms with Crippen LogP contribution in [0.3, 0.4) is 0 Å². The number of nitrogens with two attached hydrogens (primary N) is 1. The van der Waals surface area contributed by atoms with Crippen molar-refractivity contribution < 1.29 is 4.74 Å². The maximum atomic E-state index is 6.28. The fourth-order valence-corrected chi connectivity index (χ4v) is 2.45. The zero-order valence-electron chi connectivity index (χ0n) is 9.28. The average Bonchev–Trinajstić information content (AvgIpc) is 2.29. The number of fused-ring (bicyclic) bond motifs is 1. The smallest absolute Gasteiger partial charge is 0.0465 e. The van der Waals surface area contributed by atoms with Gasteiger partial charge < -0.3 is 10.5 Å². The highest BCUT2D eigenvalue weighted by Crippen LogP contribution is 2.34. The average molecular weight is 205 g/mol. The van der Waals surface area contributed by atoms with E-state index in [1.807, 2.05) is 0 Å². The van der Waals surface area contributed by atoms with E-state index in [4.69, 9.17) is 10.5 Å². The van der Waals surface area contributed by atoms with Gasteiger partial charge in [-0.15, -0.1) is 0 Å².